The Morgan fingerprint density at radius 3 is 2.08 bits per heavy atom. The Morgan fingerprint density at radius 1 is 0.960 bits per heavy atom. The molecule has 0 saturated heterocycles. The Kier molecular flexibility index (Phi) is 6.54. The number of rotatable bonds is 7. The van der Waals surface area contributed by atoms with E-state index in [4.69, 9.17) is 9.94 Å². The van der Waals surface area contributed by atoms with Crippen LogP contribution in [0.25, 0.3) is 0 Å². The van der Waals surface area contributed by atoms with Gasteiger partial charge in [-0.2, -0.15) is 0 Å². The fourth-order valence-electron chi connectivity index (χ4n) is 2.27. The molecule has 0 bridgehead atoms. The average Bonchev–Trinajstić information content (AvgIpc) is 2.61. The van der Waals surface area contributed by atoms with Gasteiger partial charge in [0, 0.05) is 17.7 Å². The quantitative estimate of drug-likeness (QED) is 0.533. The molecular weight excluding hydrogens is 320 g/mol. The molecule has 2 amide bonds. The van der Waals surface area contributed by atoms with Gasteiger partial charge in [-0.15, -0.1) is 0 Å². The van der Waals surface area contributed by atoms with Crippen molar-refractivity contribution in [3.63, 3.8) is 0 Å². The van der Waals surface area contributed by atoms with Crippen LogP contribution >= 0.6 is 0 Å². The van der Waals surface area contributed by atoms with Crippen LogP contribution in [0.2, 0.25) is 0 Å². The first-order chi connectivity index (χ1) is 12.0. The Hall–Kier alpha value is -2.86. The molecule has 0 fully saturated rings. The highest BCUT2D eigenvalue weighted by Crippen LogP contribution is 2.13. The predicted octanol–water partition coefficient (Wildman–Crippen LogP) is 2.57. The number of ether oxygens (including phenoxy) is 1. The molecule has 0 spiro atoms. The molecule has 2 aromatic carbocycles. The minimum absolute atomic E-state index is 0.0921. The standard InChI is InChI=1S/C19H22N2O4/c1-13(2)25-17-9-7-15(8-10-17)18(22)20-12-11-14-3-5-16(6-4-14)19(23)21-24/h3-10,13,24H,11-12H2,1-2H3,(H,20,22)(H,21,23). The molecule has 0 aromatic heterocycles. The lowest BCUT2D eigenvalue weighted by molar-refractivity contribution is 0.0706. The summed E-state index contributed by atoms with van der Waals surface area (Å²) >= 11 is 0. The van der Waals surface area contributed by atoms with Crippen molar-refractivity contribution in [3.8, 4) is 5.75 Å². The summed E-state index contributed by atoms with van der Waals surface area (Å²) < 4.78 is 5.55. The second-order valence-corrected chi connectivity index (χ2v) is 5.83. The molecule has 0 radical (unpaired) electrons. The van der Waals surface area contributed by atoms with Crippen LogP contribution in [-0.4, -0.2) is 29.7 Å². The molecular formula is C19H22N2O4. The third-order valence-corrected chi connectivity index (χ3v) is 3.51. The van der Waals surface area contributed by atoms with Crippen LogP contribution in [-0.2, 0) is 6.42 Å². The van der Waals surface area contributed by atoms with Gasteiger partial charge in [-0.1, -0.05) is 12.1 Å². The maximum absolute atomic E-state index is 12.1. The summed E-state index contributed by atoms with van der Waals surface area (Å²) in [5.74, 6) is 0.0377. The van der Waals surface area contributed by atoms with Gasteiger partial charge in [-0.25, -0.2) is 5.48 Å². The topological polar surface area (TPSA) is 87.7 Å². The molecule has 3 N–H and O–H groups in total. The molecule has 2 aromatic rings. The molecule has 0 unspecified atom stereocenters. The van der Waals surface area contributed by atoms with E-state index in [0.717, 1.165) is 11.3 Å². The molecule has 2 rings (SSSR count). The van der Waals surface area contributed by atoms with Crippen LogP contribution in [0.5, 0.6) is 5.75 Å². The van der Waals surface area contributed by atoms with Gasteiger partial charge in [0.15, 0.2) is 0 Å². The molecule has 6 heteroatoms. The van der Waals surface area contributed by atoms with E-state index in [0.29, 0.717) is 24.1 Å². The minimum atomic E-state index is -0.551. The molecule has 6 nitrogen and oxygen atoms in total. The summed E-state index contributed by atoms with van der Waals surface area (Å²) in [5, 5.41) is 11.4. The molecule has 0 aliphatic heterocycles. The zero-order valence-electron chi connectivity index (χ0n) is 14.3. The maximum Gasteiger partial charge on any atom is 0.274 e. The normalized spacial score (nSPS) is 10.4. The summed E-state index contributed by atoms with van der Waals surface area (Å²) in [6, 6.07) is 13.8. The van der Waals surface area contributed by atoms with Crippen LogP contribution in [0.4, 0.5) is 0 Å². The van der Waals surface area contributed by atoms with Gasteiger partial charge in [0.05, 0.1) is 6.10 Å². The number of carbonyl (C=O) groups is 2. The highest BCUT2D eigenvalue weighted by Gasteiger charge is 2.07. The second kappa shape index (κ2) is 8.84. The summed E-state index contributed by atoms with van der Waals surface area (Å²) in [7, 11) is 0. The van der Waals surface area contributed by atoms with E-state index in [1.807, 2.05) is 13.8 Å². The van der Waals surface area contributed by atoms with Crippen LogP contribution < -0.4 is 15.5 Å². The van der Waals surface area contributed by atoms with Crippen molar-refractivity contribution in [2.24, 2.45) is 0 Å². The lowest BCUT2D eigenvalue weighted by Crippen LogP contribution is -2.25. The zero-order chi connectivity index (χ0) is 18.2. The third-order valence-electron chi connectivity index (χ3n) is 3.51. The van der Waals surface area contributed by atoms with Crippen molar-refractivity contribution in [3.05, 3.63) is 65.2 Å². The number of amides is 2. The number of carbonyl (C=O) groups excluding carboxylic acids is 2. The number of nitrogens with one attached hydrogen (secondary N) is 2. The summed E-state index contributed by atoms with van der Waals surface area (Å²) in [6.07, 6.45) is 0.732. The van der Waals surface area contributed by atoms with Crippen molar-refractivity contribution < 1.29 is 19.5 Å². The largest absolute Gasteiger partial charge is 0.491 e. The zero-order valence-corrected chi connectivity index (χ0v) is 14.3. The Labute approximate surface area is 146 Å². The van der Waals surface area contributed by atoms with E-state index in [2.05, 4.69) is 5.32 Å². The van der Waals surface area contributed by atoms with E-state index in [-0.39, 0.29) is 12.0 Å². The van der Waals surface area contributed by atoms with Gasteiger partial charge in [0.1, 0.15) is 5.75 Å². The first-order valence-electron chi connectivity index (χ1n) is 8.08. The Bertz CT molecular complexity index is 709. The number of hydroxylamine groups is 1. The average molecular weight is 342 g/mol. The van der Waals surface area contributed by atoms with Gasteiger partial charge in [0.25, 0.3) is 11.8 Å². The van der Waals surface area contributed by atoms with Gasteiger partial charge in [-0.05, 0) is 62.2 Å². The van der Waals surface area contributed by atoms with Gasteiger partial charge in [-0.3, -0.25) is 14.8 Å². The number of hydrogen-bond donors (Lipinski definition) is 3. The van der Waals surface area contributed by atoms with Gasteiger partial charge in [0.2, 0.25) is 0 Å². The SMILES string of the molecule is CC(C)Oc1ccc(C(=O)NCCc2ccc(C(=O)NO)cc2)cc1. The van der Waals surface area contributed by atoms with Crippen LogP contribution in [0.3, 0.4) is 0 Å². The number of hydrogen-bond acceptors (Lipinski definition) is 4. The van der Waals surface area contributed by atoms with Crippen LogP contribution in [0.1, 0.15) is 40.1 Å². The fraction of sp³-hybridized carbons (Fsp3) is 0.263. The lowest BCUT2D eigenvalue weighted by Gasteiger charge is -2.10. The van der Waals surface area contributed by atoms with E-state index in [1.165, 1.54) is 0 Å². The Balaban J connectivity index is 1.82. The molecule has 0 saturated carbocycles. The van der Waals surface area contributed by atoms with E-state index in [1.54, 1.807) is 54.0 Å². The van der Waals surface area contributed by atoms with Crippen LogP contribution in [0.15, 0.2) is 48.5 Å². The monoisotopic (exact) mass is 342 g/mol. The molecule has 132 valence electrons. The summed E-state index contributed by atoms with van der Waals surface area (Å²) in [5.41, 5.74) is 3.52. The van der Waals surface area contributed by atoms with Crippen molar-refractivity contribution in [2.75, 3.05) is 6.54 Å². The predicted molar refractivity (Wildman–Crippen MR) is 93.9 cm³/mol. The van der Waals surface area contributed by atoms with Gasteiger partial charge >= 0.3 is 0 Å². The van der Waals surface area contributed by atoms with Crippen molar-refractivity contribution in [1.82, 2.24) is 10.8 Å². The third kappa shape index (κ3) is 5.61. The molecule has 0 atom stereocenters. The fourth-order valence-corrected chi connectivity index (χ4v) is 2.27. The first kappa shape index (κ1) is 18.5. The molecule has 25 heavy (non-hydrogen) atoms. The maximum atomic E-state index is 12.1. The van der Waals surface area contributed by atoms with E-state index >= 15 is 0 Å². The molecule has 0 aliphatic rings. The smallest absolute Gasteiger partial charge is 0.274 e. The summed E-state index contributed by atoms with van der Waals surface area (Å²) in [4.78, 5) is 23.4. The lowest BCUT2D eigenvalue weighted by atomic mass is 10.1. The van der Waals surface area contributed by atoms with Crippen molar-refractivity contribution in [2.45, 2.75) is 26.4 Å². The molecule has 0 aliphatic carbocycles. The summed E-state index contributed by atoms with van der Waals surface area (Å²) in [6.45, 7) is 4.38. The minimum Gasteiger partial charge on any atom is -0.491 e. The molecule has 0 heterocycles. The first-order valence-corrected chi connectivity index (χ1v) is 8.08. The van der Waals surface area contributed by atoms with Crippen molar-refractivity contribution in [1.29, 1.82) is 0 Å². The van der Waals surface area contributed by atoms with Crippen LogP contribution in [0, 0.1) is 0 Å². The second-order valence-electron chi connectivity index (χ2n) is 5.83. The van der Waals surface area contributed by atoms with Gasteiger partial charge < -0.3 is 10.1 Å². The highest BCUT2D eigenvalue weighted by atomic mass is 16.5. The van der Waals surface area contributed by atoms with Crippen molar-refractivity contribution >= 4 is 11.8 Å². The number of benzene rings is 2. The Morgan fingerprint density at radius 2 is 1.52 bits per heavy atom. The highest BCUT2D eigenvalue weighted by molar-refractivity contribution is 5.94. The van der Waals surface area contributed by atoms with E-state index in [9.17, 15) is 9.59 Å². The van der Waals surface area contributed by atoms with E-state index < -0.39 is 5.91 Å².